The fourth-order valence-electron chi connectivity index (χ4n) is 2.36. The van der Waals surface area contributed by atoms with Gasteiger partial charge in [-0.05, 0) is 24.6 Å². The first kappa shape index (κ1) is 14.4. The van der Waals surface area contributed by atoms with Gasteiger partial charge in [-0.15, -0.1) is 0 Å². The summed E-state index contributed by atoms with van der Waals surface area (Å²) < 4.78 is 52.3. The maximum atomic E-state index is 11.9. The van der Waals surface area contributed by atoms with E-state index < -0.39 is 11.3 Å². The van der Waals surface area contributed by atoms with Crippen molar-refractivity contribution in [3.63, 3.8) is 0 Å². The number of rotatable bonds is 4. The van der Waals surface area contributed by atoms with Crippen molar-refractivity contribution in [3.8, 4) is 0 Å². The molecule has 0 bridgehead atoms. The lowest BCUT2D eigenvalue weighted by Crippen LogP contribution is -2.37. The van der Waals surface area contributed by atoms with Gasteiger partial charge in [-0.2, -0.15) is 13.2 Å². The van der Waals surface area contributed by atoms with Crippen LogP contribution in [0.3, 0.4) is 0 Å². The highest BCUT2D eigenvalue weighted by Crippen LogP contribution is 2.37. The molecule has 0 radical (unpaired) electrons. The van der Waals surface area contributed by atoms with Gasteiger partial charge in [0.05, 0.1) is 25.9 Å². The maximum Gasteiger partial charge on any atom is 0.441 e. The first-order chi connectivity index (χ1) is 8.49. The third-order valence-corrected chi connectivity index (χ3v) is 3.91. The predicted octanol–water partition coefficient (Wildman–Crippen LogP) is 2.94. The summed E-state index contributed by atoms with van der Waals surface area (Å²) in [6, 6.07) is 0. The van der Waals surface area contributed by atoms with Crippen molar-refractivity contribution in [3.05, 3.63) is 0 Å². The maximum absolute atomic E-state index is 11.9. The van der Waals surface area contributed by atoms with Gasteiger partial charge in [-0.1, -0.05) is 0 Å². The Kier molecular flexibility index (Phi) is 4.80. The average Bonchev–Trinajstić information content (AvgIpc) is 2.75. The van der Waals surface area contributed by atoms with Gasteiger partial charge in [-0.25, -0.2) is 0 Å². The molecule has 0 amide bonds. The molecule has 0 atom stereocenters. The molecule has 1 aliphatic carbocycles. The molecule has 7 heteroatoms. The third-order valence-electron chi connectivity index (χ3n) is 3.21. The second-order valence-electron chi connectivity index (χ2n) is 4.47. The van der Waals surface area contributed by atoms with Crippen LogP contribution < -0.4 is 0 Å². The molecule has 106 valence electrons. The molecular weight excluding hydrogens is 269 g/mol. The van der Waals surface area contributed by atoms with Gasteiger partial charge in [0.1, 0.15) is 0 Å². The lowest BCUT2D eigenvalue weighted by molar-refractivity contribution is -0.191. The lowest BCUT2D eigenvalue weighted by atomic mass is 9.92. The fourth-order valence-corrected chi connectivity index (χ4v) is 2.77. The van der Waals surface area contributed by atoms with Crippen LogP contribution in [0.1, 0.15) is 25.7 Å². The van der Waals surface area contributed by atoms with Crippen LogP contribution in [0.15, 0.2) is 0 Å². The van der Waals surface area contributed by atoms with Crippen molar-refractivity contribution in [2.75, 3.05) is 25.6 Å². The molecule has 1 saturated carbocycles. The molecule has 0 unspecified atom stereocenters. The van der Waals surface area contributed by atoms with E-state index in [4.69, 9.17) is 14.2 Å². The zero-order valence-corrected chi connectivity index (χ0v) is 10.8. The van der Waals surface area contributed by atoms with E-state index in [0.717, 1.165) is 25.7 Å². The Labute approximate surface area is 108 Å². The third kappa shape index (κ3) is 4.29. The van der Waals surface area contributed by atoms with Crippen molar-refractivity contribution in [2.45, 2.75) is 43.1 Å². The van der Waals surface area contributed by atoms with Gasteiger partial charge in [0.25, 0.3) is 0 Å². The second kappa shape index (κ2) is 5.98. The Balaban J connectivity index is 1.59. The zero-order chi connectivity index (χ0) is 13.1. The molecule has 0 aromatic heterocycles. The summed E-state index contributed by atoms with van der Waals surface area (Å²) >= 11 is -0.0334. The van der Waals surface area contributed by atoms with E-state index in [0.29, 0.717) is 13.2 Å². The topological polar surface area (TPSA) is 27.7 Å². The lowest BCUT2D eigenvalue weighted by Gasteiger charge is -2.35. The van der Waals surface area contributed by atoms with E-state index in [1.54, 1.807) is 0 Å². The van der Waals surface area contributed by atoms with Crippen LogP contribution in [-0.2, 0) is 14.2 Å². The summed E-state index contributed by atoms with van der Waals surface area (Å²) in [5.74, 6) is -0.473. The number of thioether (sulfide) groups is 1. The summed E-state index contributed by atoms with van der Waals surface area (Å²) in [5, 5.41) is 0. The minimum absolute atomic E-state index is 0.0334. The highest BCUT2D eigenvalue weighted by atomic mass is 32.2. The minimum atomic E-state index is -4.16. The Bertz CT molecular complexity index is 257. The largest absolute Gasteiger partial charge is 0.441 e. The standard InChI is InChI=1S/C11H17F3O3S/c12-11(13,14)18-8-7-15-9-1-3-10(4-2-9)16-5-6-17-10/h9H,1-8H2. The van der Waals surface area contributed by atoms with Crippen molar-refractivity contribution in [1.82, 2.24) is 0 Å². The summed E-state index contributed by atoms with van der Waals surface area (Å²) in [6.45, 7) is 1.41. The molecule has 1 saturated heterocycles. The Morgan fingerprint density at radius 2 is 1.78 bits per heavy atom. The molecule has 18 heavy (non-hydrogen) atoms. The normalized spacial score (nSPS) is 24.8. The Morgan fingerprint density at radius 1 is 1.17 bits per heavy atom. The number of alkyl halides is 3. The van der Waals surface area contributed by atoms with Crippen molar-refractivity contribution in [2.24, 2.45) is 0 Å². The quantitative estimate of drug-likeness (QED) is 0.743. The van der Waals surface area contributed by atoms with E-state index in [-0.39, 0.29) is 30.2 Å². The monoisotopic (exact) mass is 286 g/mol. The first-order valence-electron chi connectivity index (χ1n) is 6.09. The van der Waals surface area contributed by atoms with Gasteiger partial charge in [-0.3, -0.25) is 0 Å². The van der Waals surface area contributed by atoms with E-state index in [2.05, 4.69) is 0 Å². The Morgan fingerprint density at radius 3 is 2.33 bits per heavy atom. The number of ether oxygens (including phenoxy) is 3. The van der Waals surface area contributed by atoms with Crippen LogP contribution in [0.5, 0.6) is 0 Å². The minimum Gasteiger partial charge on any atom is -0.377 e. The summed E-state index contributed by atoms with van der Waals surface area (Å²) in [7, 11) is 0. The molecule has 0 N–H and O–H groups in total. The Hall–Kier alpha value is 0.0200. The molecule has 2 rings (SSSR count). The second-order valence-corrected chi connectivity index (χ2v) is 5.63. The smallest absolute Gasteiger partial charge is 0.377 e. The van der Waals surface area contributed by atoms with Gasteiger partial charge in [0.2, 0.25) is 0 Å². The molecule has 2 aliphatic rings. The van der Waals surface area contributed by atoms with Gasteiger partial charge in [0.15, 0.2) is 5.79 Å². The van der Waals surface area contributed by atoms with Crippen LogP contribution in [0.2, 0.25) is 0 Å². The van der Waals surface area contributed by atoms with Crippen LogP contribution >= 0.6 is 11.8 Å². The van der Waals surface area contributed by atoms with Gasteiger partial charge in [0, 0.05) is 18.6 Å². The van der Waals surface area contributed by atoms with E-state index in [9.17, 15) is 13.2 Å². The average molecular weight is 286 g/mol. The highest BCUT2D eigenvalue weighted by Gasteiger charge is 2.40. The van der Waals surface area contributed by atoms with E-state index in [1.807, 2.05) is 0 Å². The molecular formula is C11H17F3O3S. The number of halogens is 3. The molecule has 0 aromatic carbocycles. The predicted molar refractivity (Wildman–Crippen MR) is 61.4 cm³/mol. The van der Waals surface area contributed by atoms with Crippen molar-refractivity contribution < 1.29 is 27.4 Å². The van der Waals surface area contributed by atoms with Gasteiger partial charge >= 0.3 is 5.51 Å². The fraction of sp³-hybridized carbons (Fsp3) is 1.00. The summed E-state index contributed by atoms with van der Waals surface area (Å²) in [4.78, 5) is 0. The SMILES string of the molecule is FC(F)(F)SCCOC1CCC2(CC1)OCCO2. The van der Waals surface area contributed by atoms with Crippen LogP contribution in [0.4, 0.5) is 13.2 Å². The van der Waals surface area contributed by atoms with Crippen LogP contribution in [0, 0.1) is 0 Å². The van der Waals surface area contributed by atoms with E-state index in [1.165, 1.54) is 0 Å². The summed E-state index contributed by atoms with van der Waals surface area (Å²) in [5.41, 5.74) is -4.16. The van der Waals surface area contributed by atoms with Crippen molar-refractivity contribution >= 4 is 11.8 Å². The molecule has 3 nitrogen and oxygen atoms in total. The van der Waals surface area contributed by atoms with Crippen LogP contribution in [0.25, 0.3) is 0 Å². The first-order valence-corrected chi connectivity index (χ1v) is 7.08. The zero-order valence-electron chi connectivity index (χ0n) is 10.0. The number of hydrogen-bond donors (Lipinski definition) is 0. The van der Waals surface area contributed by atoms with E-state index >= 15 is 0 Å². The van der Waals surface area contributed by atoms with Crippen molar-refractivity contribution in [1.29, 1.82) is 0 Å². The molecule has 1 spiro atoms. The van der Waals surface area contributed by atoms with Gasteiger partial charge < -0.3 is 14.2 Å². The molecule has 1 aliphatic heterocycles. The molecule has 1 heterocycles. The molecule has 2 fully saturated rings. The molecule has 0 aromatic rings. The van der Waals surface area contributed by atoms with Crippen LogP contribution in [-0.4, -0.2) is 43.0 Å². The summed E-state index contributed by atoms with van der Waals surface area (Å²) in [6.07, 6.45) is 3.15. The number of hydrogen-bond acceptors (Lipinski definition) is 4. The highest BCUT2D eigenvalue weighted by molar-refractivity contribution is 8.00.